The molecule has 0 spiro atoms. The Morgan fingerprint density at radius 1 is 1.09 bits per heavy atom. The van der Waals surface area contributed by atoms with Crippen molar-refractivity contribution in [3.8, 4) is 0 Å². The molecule has 1 unspecified atom stereocenters. The van der Waals surface area contributed by atoms with Crippen LogP contribution in [0.25, 0.3) is 0 Å². The fraction of sp³-hybridized carbons (Fsp3) is 0.318. The monoisotopic (exact) mass is 532 g/mol. The highest BCUT2D eigenvalue weighted by Crippen LogP contribution is 2.33. The average molecular weight is 534 g/mol. The Hall–Kier alpha value is -2.39. The van der Waals surface area contributed by atoms with Crippen molar-refractivity contribution in [2.75, 3.05) is 11.4 Å². The molecule has 0 saturated carbocycles. The number of rotatable bonds is 2. The highest BCUT2D eigenvalue weighted by atomic mass is 79.9. The molecule has 1 heterocycles. The van der Waals surface area contributed by atoms with Crippen LogP contribution in [0.1, 0.15) is 25.0 Å². The van der Waals surface area contributed by atoms with Crippen LogP contribution >= 0.6 is 27.5 Å². The number of carbonyl (C=O) groups is 3. The third-order valence-electron chi connectivity index (χ3n) is 4.71. The maximum absolute atomic E-state index is 13.3. The molecule has 0 N–H and O–H groups in total. The number of hydrogen-bond donors (Lipinski definition) is 0. The van der Waals surface area contributed by atoms with Crippen molar-refractivity contribution in [1.82, 2.24) is 4.90 Å². The zero-order valence-corrected chi connectivity index (χ0v) is 19.7. The molecule has 0 saturated heterocycles. The summed E-state index contributed by atoms with van der Waals surface area (Å²) in [5, 5.41) is -0.361. The topological polar surface area (TPSA) is 57.7 Å². The summed E-state index contributed by atoms with van der Waals surface area (Å²) < 4.78 is 40.5. The zero-order chi connectivity index (χ0) is 24.1. The minimum absolute atomic E-state index is 0.128. The molecule has 10 heteroatoms. The fourth-order valence-corrected chi connectivity index (χ4v) is 3.85. The lowest BCUT2D eigenvalue weighted by molar-refractivity contribution is -0.170. The maximum Gasteiger partial charge on any atom is 0.471 e. The van der Waals surface area contributed by atoms with Gasteiger partial charge in [0.1, 0.15) is 0 Å². The molecule has 2 aromatic rings. The second kappa shape index (κ2) is 11.0. The van der Waals surface area contributed by atoms with E-state index in [4.69, 9.17) is 0 Å². The summed E-state index contributed by atoms with van der Waals surface area (Å²) in [5.74, 6) is -2.19. The molecular weight excluding hydrogens is 513 g/mol. The highest BCUT2D eigenvalue weighted by molar-refractivity contribution is 9.10. The summed E-state index contributed by atoms with van der Waals surface area (Å²) in [6.07, 6.45) is -4.66. The van der Waals surface area contributed by atoms with Gasteiger partial charge in [-0.1, -0.05) is 46.3 Å². The van der Waals surface area contributed by atoms with Gasteiger partial charge in [0, 0.05) is 37.1 Å². The van der Waals surface area contributed by atoms with Crippen molar-refractivity contribution in [3.63, 3.8) is 0 Å². The molecule has 0 radical (unpaired) electrons. The maximum atomic E-state index is 13.3. The molecule has 0 aromatic heterocycles. The number of amides is 2. The molecule has 32 heavy (non-hydrogen) atoms. The van der Waals surface area contributed by atoms with E-state index in [-0.39, 0.29) is 29.9 Å². The molecule has 1 aliphatic rings. The third-order valence-corrected chi connectivity index (χ3v) is 5.21. The Labute approximate surface area is 197 Å². The van der Waals surface area contributed by atoms with E-state index in [0.29, 0.717) is 16.5 Å². The molecule has 1 atom stereocenters. The van der Waals surface area contributed by atoms with E-state index < -0.39 is 18.1 Å². The fourth-order valence-electron chi connectivity index (χ4n) is 3.44. The van der Waals surface area contributed by atoms with Crippen LogP contribution in [0.5, 0.6) is 0 Å². The van der Waals surface area contributed by atoms with E-state index in [1.165, 1.54) is 24.8 Å². The largest absolute Gasteiger partial charge is 0.471 e. The first-order valence-corrected chi connectivity index (χ1v) is 10.7. The van der Waals surface area contributed by atoms with Gasteiger partial charge in [0.05, 0.1) is 6.04 Å². The molecule has 0 aliphatic carbocycles. The van der Waals surface area contributed by atoms with E-state index in [9.17, 15) is 27.6 Å². The SMILES string of the molecule is CC(=O)Cl.CC(=O)N1Cc2cc(Br)ccc2N(C(=O)C(F)(F)F)CC1Cc1ccccc1. The molecule has 1 aliphatic heterocycles. The zero-order valence-electron chi connectivity index (χ0n) is 17.3. The normalized spacial score (nSPS) is 15.8. The summed E-state index contributed by atoms with van der Waals surface area (Å²) in [6.45, 7) is 2.57. The lowest BCUT2D eigenvalue weighted by atomic mass is 10.0. The summed E-state index contributed by atoms with van der Waals surface area (Å²) in [7, 11) is 0. The molecule has 2 aromatic carbocycles. The Morgan fingerprint density at radius 2 is 1.69 bits per heavy atom. The van der Waals surface area contributed by atoms with Gasteiger partial charge in [-0.3, -0.25) is 14.4 Å². The Kier molecular flexibility index (Phi) is 8.86. The van der Waals surface area contributed by atoms with Crippen molar-refractivity contribution in [1.29, 1.82) is 0 Å². The smallest absolute Gasteiger partial charge is 0.333 e. The number of halogens is 5. The van der Waals surface area contributed by atoms with Crippen LogP contribution in [0.4, 0.5) is 18.9 Å². The molecule has 2 amide bonds. The van der Waals surface area contributed by atoms with Crippen molar-refractivity contribution in [2.45, 2.75) is 39.0 Å². The molecule has 0 fully saturated rings. The quantitative estimate of drug-likeness (QED) is 0.506. The van der Waals surface area contributed by atoms with Crippen LogP contribution < -0.4 is 4.90 Å². The average Bonchev–Trinajstić information content (AvgIpc) is 2.84. The van der Waals surface area contributed by atoms with Gasteiger partial charge in [0.15, 0.2) is 0 Å². The van der Waals surface area contributed by atoms with Gasteiger partial charge < -0.3 is 9.80 Å². The van der Waals surface area contributed by atoms with E-state index in [0.717, 1.165) is 10.5 Å². The molecular formula is C22H21BrClF3N2O3. The second-order valence-electron chi connectivity index (χ2n) is 7.15. The van der Waals surface area contributed by atoms with Crippen LogP contribution in [0.3, 0.4) is 0 Å². The Balaban J connectivity index is 0.000000837. The molecule has 3 rings (SSSR count). The van der Waals surface area contributed by atoms with Gasteiger partial charge >= 0.3 is 12.1 Å². The lowest BCUT2D eigenvalue weighted by Crippen LogP contribution is -2.49. The number of nitrogens with zero attached hydrogens (tertiary/aromatic N) is 2. The predicted molar refractivity (Wildman–Crippen MR) is 119 cm³/mol. The van der Waals surface area contributed by atoms with E-state index >= 15 is 0 Å². The highest BCUT2D eigenvalue weighted by Gasteiger charge is 2.45. The number of anilines is 1. The van der Waals surface area contributed by atoms with Crippen LogP contribution in [0.2, 0.25) is 0 Å². The standard InChI is InChI=1S/C20H18BrF3N2O2.C2H3ClO/c1-13(27)25-11-15-10-16(21)7-8-18(15)26(19(28)20(22,23)24)12-17(25)9-14-5-3-2-4-6-14;1-2(3)4/h2-8,10,17H,9,11-12H2,1H3;1H3. The molecule has 0 bridgehead atoms. The van der Waals surface area contributed by atoms with Crippen molar-refractivity contribution in [3.05, 3.63) is 64.1 Å². The number of carbonyl (C=O) groups excluding carboxylic acids is 3. The van der Waals surface area contributed by atoms with Crippen molar-refractivity contribution in [2.24, 2.45) is 0 Å². The van der Waals surface area contributed by atoms with Gasteiger partial charge in [0.2, 0.25) is 11.1 Å². The first-order valence-electron chi connectivity index (χ1n) is 9.54. The summed E-state index contributed by atoms with van der Waals surface area (Å²) in [5.41, 5.74) is 1.54. The molecule has 5 nitrogen and oxygen atoms in total. The minimum atomic E-state index is -5.01. The van der Waals surface area contributed by atoms with Gasteiger partial charge in [-0.15, -0.1) is 0 Å². The van der Waals surface area contributed by atoms with Crippen LogP contribution in [0, 0.1) is 0 Å². The van der Waals surface area contributed by atoms with Crippen LogP contribution in [-0.2, 0) is 27.3 Å². The summed E-state index contributed by atoms with van der Waals surface area (Å²) in [6, 6.07) is 13.3. The summed E-state index contributed by atoms with van der Waals surface area (Å²) >= 11 is 7.94. The van der Waals surface area contributed by atoms with Gasteiger partial charge in [-0.05, 0) is 47.3 Å². The Morgan fingerprint density at radius 3 is 2.22 bits per heavy atom. The minimum Gasteiger partial charge on any atom is -0.333 e. The van der Waals surface area contributed by atoms with E-state index in [1.807, 2.05) is 30.3 Å². The predicted octanol–water partition coefficient (Wildman–Crippen LogP) is 5.09. The van der Waals surface area contributed by atoms with E-state index in [1.54, 1.807) is 12.1 Å². The Bertz CT molecular complexity index is 982. The van der Waals surface area contributed by atoms with Gasteiger partial charge in [-0.25, -0.2) is 0 Å². The number of benzene rings is 2. The second-order valence-corrected chi connectivity index (χ2v) is 8.60. The van der Waals surface area contributed by atoms with Crippen molar-refractivity contribution < 1.29 is 27.6 Å². The molecule has 172 valence electrons. The lowest BCUT2D eigenvalue weighted by Gasteiger charge is -2.31. The third kappa shape index (κ3) is 7.06. The number of hydrogen-bond acceptors (Lipinski definition) is 3. The number of fused-ring (bicyclic) bond motifs is 1. The van der Waals surface area contributed by atoms with Crippen LogP contribution in [-0.4, -0.2) is 40.7 Å². The first kappa shape index (κ1) is 25.9. The number of alkyl halides is 3. The van der Waals surface area contributed by atoms with Gasteiger partial charge in [-0.2, -0.15) is 13.2 Å². The van der Waals surface area contributed by atoms with Crippen molar-refractivity contribution >= 4 is 50.3 Å². The van der Waals surface area contributed by atoms with E-state index in [2.05, 4.69) is 27.5 Å². The van der Waals surface area contributed by atoms with Gasteiger partial charge in [0.25, 0.3) is 0 Å². The summed E-state index contributed by atoms with van der Waals surface area (Å²) in [4.78, 5) is 36.0. The van der Waals surface area contributed by atoms with Crippen LogP contribution in [0.15, 0.2) is 53.0 Å². The first-order chi connectivity index (χ1) is 14.9.